The molecular formula is C14H16BrFN2O. The summed E-state index contributed by atoms with van der Waals surface area (Å²) in [5.41, 5.74) is 0.154. The second kappa shape index (κ2) is 5.21. The first-order chi connectivity index (χ1) is 9.16. The van der Waals surface area contributed by atoms with Crippen LogP contribution in [0.3, 0.4) is 0 Å². The second-order valence-electron chi connectivity index (χ2n) is 5.27. The van der Waals surface area contributed by atoms with Crippen LogP contribution in [0.2, 0.25) is 0 Å². The van der Waals surface area contributed by atoms with Crippen molar-refractivity contribution in [2.24, 2.45) is 5.92 Å². The Kier molecular flexibility index (Phi) is 3.58. The average molecular weight is 327 g/mol. The van der Waals surface area contributed by atoms with E-state index < -0.39 is 5.82 Å². The van der Waals surface area contributed by atoms with Crippen LogP contribution in [0, 0.1) is 11.7 Å². The zero-order valence-corrected chi connectivity index (χ0v) is 12.1. The molecule has 1 N–H and O–H groups in total. The molecule has 3 rings (SSSR count). The molecule has 0 unspecified atom stereocenters. The number of nitrogens with zero attached hydrogens (tertiary/aromatic N) is 1. The van der Waals surface area contributed by atoms with Gasteiger partial charge in [0.25, 0.3) is 5.91 Å². The third kappa shape index (κ3) is 2.41. The summed E-state index contributed by atoms with van der Waals surface area (Å²) in [4.78, 5) is 14.2. The number of fused-ring (bicyclic) bond motifs is 1. The van der Waals surface area contributed by atoms with Gasteiger partial charge in [0.2, 0.25) is 0 Å². The van der Waals surface area contributed by atoms with Crippen LogP contribution in [-0.2, 0) is 0 Å². The number of piperidine rings is 1. The molecule has 0 radical (unpaired) electrons. The van der Waals surface area contributed by atoms with Gasteiger partial charge in [-0.25, -0.2) is 4.39 Å². The van der Waals surface area contributed by atoms with Crippen molar-refractivity contribution in [1.29, 1.82) is 0 Å². The molecule has 2 aliphatic heterocycles. The van der Waals surface area contributed by atoms with Crippen molar-refractivity contribution in [3.63, 3.8) is 0 Å². The Labute approximate surface area is 120 Å². The van der Waals surface area contributed by atoms with Crippen LogP contribution in [0.1, 0.15) is 23.2 Å². The number of rotatable bonds is 1. The summed E-state index contributed by atoms with van der Waals surface area (Å²) >= 11 is 3.27. The minimum atomic E-state index is -0.456. The molecule has 19 heavy (non-hydrogen) atoms. The van der Waals surface area contributed by atoms with Crippen LogP contribution in [0.25, 0.3) is 0 Å². The maximum Gasteiger partial charge on any atom is 0.258 e. The molecule has 2 saturated heterocycles. The molecule has 1 aromatic rings. The van der Waals surface area contributed by atoms with Gasteiger partial charge in [-0.15, -0.1) is 0 Å². The molecule has 0 spiro atoms. The zero-order chi connectivity index (χ0) is 13.4. The molecule has 5 heteroatoms. The van der Waals surface area contributed by atoms with Crippen LogP contribution in [0.5, 0.6) is 0 Å². The maximum atomic E-state index is 13.8. The summed E-state index contributed by atoms with van der Waals surface area (Å²) in [6.45, 7) is 2.44. The summed E-state index contributed by atoms with van der Waals surface area (Å²) in [5, 5.41) is 3.45. The van der Waals surface area contributed by atoms with Gasteiger partial charge in [-0.05, 0) is 53.4 Å². The second-order valence-corrected chi connectivity index (χ2v) is 6.12. The molecule has 0 aromatic heterocycles. The Hall–Kier alpha value is -0.940. The SMILES string of the molecule is O=C(c1c(F)cccc1Br)N1C[C@@H]2CCCN[C@@H]2C1. The monoisotopic (exact) mass is 326 g/mol. The van der Waals surface area contributed by atoms with Gasteiger partial charge in [0.15, 0.2) is 0 Å². The Morgan fingerprint density at radius 2 is 2.26 bits per heavy atom. The van der Waals surface area contributed by atoms with Crippen molar-refractivity contribution in [3.05, 3.63) is 34.1 Å². The first-order valence-electron chi connectivity index (χ1n) is 6.63. The first-order valence-corrected chi connectivity index (χ1v) is 7.43. The lowest BCUT2D eigenvalue weighted by atomic mass is 9.94. The number of likely N-dealkylation sites (tertiary alicyclic amines) is 1. The molecule has 2 atom stereocenters. The quantitative estimate of drug-likeness (QED) is 0.859. The molecule has 2 heterocycles. The number of carbonyl (C=O) groups is 1. The van der Waals surface area contributed by atoms with E-state index in [-0.39, 0.29) is 11.5 Å². The van der Waals surface area contributed by atoms with Crippen molar-refractivity contribution in [1.82, 2.24) is 10.2 Å². The van der Waals surface area contributed by atoms with Gasteiger partial charge in [0.05, 0.1) is 5.56 Å². The minimum absolute atomic E-state index is 0.154. The molecule has 102 valence electrons. The average Bonchev–Trinajstić information content (AvgIpc) is 2.82. The molecule has 2 aliphatic rings. The predicted octanol–water partition coefficient (Wildman–Crippen LogP) is 2.41. The zero-order valence-electron chi connectivity index (χ0n) is 10.5. The van der Waals surface area contributed by atoms with Crippen molar-refractivity contribution in [2.45, 2.75) is 18.9 Å². The fraction of sp³-hybridized carbons (Fsp3) is 0.500. The summed E-state index contributed by atoms with van der Waals surface area (Å²) in [6, 6.07) is 5.02. The van der Waals surface area contributed by atoms with Crippen LogP contribution in [-0.4, -0.2) is 36.5 Å². The maximum absolute atomic E-state index is 13.8. The Bertz CT molecular complexity index is 474. The summed E-state index contributed by atoms with van der Waals surface area (Å²) in [6.07, 6.45) is 2.31. The van der Waals surface area contributed by atoms with Crippen LogP contribution < -0.4 is 5.32 Å². The smallest absolute Gasteiger partial charge is 0.258 e. The third-order valence-corrected chi connectivity index (χ3v) is 4.72. The number of halogens is 2. The van der Waals surface area contributed by atoms with Gasteiger partial charge in [0, 0.05) is 23.6 Å². The molecule has 0 saturated carbocycles. The molecule has 0 aliphatic carbocycles. The molecular weight excluding hydrogens is 311 g/mol. The van der Waals surface area contributed by atoms with Crippen LogP contribution >= 0.6 is 15.9 Å². The highest BCUT2D eigenvalue weighted by molar-refractivity contribution is 9.10. The number of nitrogens with one attached hydrogen (secondary N) is 1. The number of hydrogen-bond donors (Lipinski definition) is 1. The van der Waals surface area contributed by atoms with E-state index in [0.29, 0.717) is 23.0 Å². The minimum Gasteiger partial charge on any atom is -0.337 e. The van der Waals surface area contributed by atoms with E-state index in [2.05, 4.69) is 21.2 Å². The lowest BCUT2D eigenvalue weighted by molar-refractivity contribution is 0.0780. The fourth-order valence-corrected chi connectivity index (χ4v) is 3.58. The highest BCUT2D eigenvalue weighted by atomic mass is 79.9. The fourth-order valence-electron chi connectivity index (χ4n) is 3.07. The first kappa shape index (κ1) is 13.1. The molecule has 2 fully saturated rings. The number of benzene rings is 1. The lowest BCUT2D eigenvalue weighted by Gasteiger charge is -2.24. The Balaban J connectivity index is 1.81. The van der Waals surface area contributed by atoms with Gasteiger partial charge >= 0.3 is 0 Å². The summed E-state index contributed by atoms with van der Waals surface area (Å²) in [7, 11) is 0. The van der Waals surface area contributed by atoms with E-state index >= 15 is 0 Å². The van der Waals surface area contributed by atoms with E-state index in [4.69, 9.17) is 0 Å². The van der Waals surface area contributed by atoms with Crippen molar-refractivity contribution >= 4 is 21.8 Å². The van der Waals surface area contributed by atoms with Crippen LogP contribution in [0.15, 0.2) is 22.7 Å². The summed E-state index contributed by atoms with van der Waals surface area (Å²) in [5.74, 6) is -0.147. The topological polar surface area (TPSA) is 32.3 Å². The number of carbonyl (C=O) groups excluding carboxylic acids is 1. The standard InChI is InChI=1S/C14H16BrFN2O/c15-10-4-1-5-11(16)13(10)14(19)18-7-9-3-2-6-17-12(9)8-18/h1,4-5,9,12,17H,2-3,6-8H2/t9-,12+/m0/s1. The molecule has 1 amide bonds. The number of amides is 1. The molecule has 0 bridgehead atoms. The van der Waals surface area contributed by atoms with Crippen molar-refractivity contribution in [2.75, 3.05) is 19.6 Å². The van der Waals surface area contributed by atoms with Gasteiger partial charge in [-0.3, -0.25) is 4.79 Å². The lowest BCUT2D eigenvalue weighted by Crippen LogP contribution is -2.41. The van der Waals surface area contributed by atoms with E-state index in [1.807, 2.05) is 0 Å². The number of hydrogen-bond acceptors (Lipinski definition) is 2. The Morgan fingerprint density at radius 3 is 3.00 bits per heavy atom. The van der Waals surface area contributed by atoms with Gasteiger partial charge in [-0.2, -0.15) is 0 Å². The third-order valence-electron chi connectivity index (χ3n) is 4.06. The van der Waals surface area contributed by atoms with Gasteiger partial charge < -0.3 is 10.2 Å². The van der Waals surface area contributed by atoms with Crippen LogP contribution in [0.4, 0.5) is 4.39 Å². The highest BCUT2D eigenvalue weighted by Gasteiger charge is 2.37. The van der Waals surface area contributed by atoms with Crippen molar-refractivity contribution in [3.8, 4) is 0 Å². The van der Waals surface area contributed by atoms with E-state index in [1.165, 1.54) is 6.07 Å². The molecule has 3 nitrogen and oxygen atoms in total. The van der Waals surface area contributed by atoms with E-state index in [1.54, 1.807) is 17.0 Å². The summed E-state index contributed by atoms with van der Waals surface area (Å²) < 4.78 is 14.4. The van der Waals surface area contributed by atoms with E-state index in [0.717, 1.165) is 25.9 Å². The highest BCUT2D eigenvalue weighted by Crippen LogP contribution is 2.28. The van der Waals surface area contributed by atoms with Crippen molar-refractivity contribution < 1.29 is 9.18 Å². The Morgan fingerprint density at radius 1 is 1.42 bits per heavy atom. The predicted molar refractivity (Wildman–Crippen MR) is 74.5 cm³/mol. The molecule has 1 aromatic carbocycles. The van der Waals surface area contributed by atoms with Gasteiger partial charge in [-0.1, -0.05) is 6.07 Å². The normalized spacial score (nSPS) is 26.3. The van der Waals surface area contributed by atoms with E-state index in [9.17, 15) is 9.18 Å². The largest absolute Gasteiger partial charge is 0.337 e. The van der Waals surface area contributed by atoms with Gasteiger partial charge in [0.1, 0.15) is 5.82 Å².